The van der Waals surface area contributed by atoms with Crippen LogP contribution in [0.4, 0.5) is 0 Å². The molecule has 0 spiro atoms. The summed E-state index contributed by atoms with van der Waals surface area (Å²) in [7, 11) is 0. The molecule has 6 nitrogen and oxygen atoms in total. The second-order valence-corrected chi connectivity index (χ2v) is 16.1. The molecule has 0 radical (unpaired) electrons. The van der Waals surface area contributed by atoms with Gasteiger partial charge in [-0.3, -0.25) is 0 Å². The Morgan fingerprint density at radius 1 is 0.306 bits per heavy atom. The van der Waals surface area contributed by atoms with Crippen molar-refractivity contribution in [1.29, 1.82) is 5.41 Å². The molecule has 0 aliphatic carbocycles. The number of nitrogens with two attached hydrogens (primary N) is 1. The fourth-order valence-electron chi connectivity index (χ4n) is 10.7. The number of fused-ring (bicyclic) bond motifs is 12. The van der Waals surface area contributed by atoms with Gasteiger partial charge in [0, 0.05) is 67.0 Å². The minimum atomic E-state index is 0.207. The van der Waals surface area contributed by atoms with Gasteiger partial charge in [0.15, 0.2) is 0 Å². The summed E-state index contributed by atoms with van der Waals surface area (Å²) in [5, 5.41) is 19.1. The summed E-state index contributed by atoms with van der Waals surface area (Å²) in [5.41, 5.74) is 21.3. The molecule has 4 aromatic heterocycles. The molecule has 0 saturated carbocycles. The number of aromatic nitrogens is 4. The number of benzene rings is 9. The molecule has 13 aromatic rings. The van der Waals surface area contributed by atoms with Crippen molar-refractivity contribution >= 4 is 93.4 Å². The number of rotatable bonds is 6. The normalized spacial score (nSPS) is 12.1. The van der Waals surface area contributed by atoms with Crippen molar-refractivity contribution in [2.24, 2.45) is 5.73 Å². The van der Waals surface area contributed by atoms with Crippen LogP contribution in [-0.2, 0) is 6.54 Å². The molecule has 0 bridgehead atoms. The monoisotopic (exact) mass is 794 g/mol. The highest BCUT2D eigenvalue weighted by Crippen LogP contribution is 2.48. The smallest absolute Gasteiger partial charge is 0.0817 e. The van der Waals surface area contributed by atoms with Gasteiger partial charge in [-0.2, -0.15) is 0 Å². The Morgan fingerprint density at radius 3 is 0.694 bits per heavy atom. The lowest BCUT2D eigenvalue weighted by molar-refractivity contribution is 0.956. The lowest BCUT2D eigenvalue weighted by atomic mass is 9.98. The molecule has 3 N–H and O–H groups in total. The third-order valence-corrected chi connectivity index (χ3v) is 13.1. The predicted octanol–water partition coefficient (Wildman–Crippen LogP) is 13.5. The molecule has 6 heteroatoms. The first-order valence-electron chi connectivity index (χ1n) is 21.1. The summed E-state index contributed by atoms with van der Waals surface area (Å²) < 4.78 is 9.64. The Balaban J connectivity index is 1.38. The van der Waals surface area contributed by atoms with E-state index >= 15 is 0 Å². The molecule has 0 atom stereocenters. The Bertz CT molecular complexity index is 3540. The van der Waals surface area contributed by atoms with E-state index in [0.717, 1.165) is 121 Å². The van der Waals surface area contributed by atoms with Crippen LogP contribution in [0.2, 0.25) is 0 Å². The quantitative estimate of drug-likeness (QED) is 0.162. The number of nitrogens with one attached hydrogen (secondary N) is 1. The van der Waals surface area contributed by atoms with Crippen LogP contribution in [0.25, 0.3) is 110 Å². The molecule has 4 heterocycles. The standard InChI is InChI=1S/C56H38N6/c57-33-43-53(59-45-25-9-1-17-35(45)36-18-2-10-26-46(36)59)54(60-47-27-11-3-19-37(47)38-20-4-12-28-48(38)60)44(34-58)56(62-51-31-15-7-23-41(51)42-24-8-16-32-52(42)62)55(43)61-49-29-13-5-21-39(49)40-22-6-14-30-50(40)61/h1-33,57H,34,58H2. The van der Waals surface area contributed by atoms with Crippen molar-refractivity contribution in [1.82, 2.24) is 18.3 Å². The van der Waals surface area contributed by atoms with Crippen LogP contribution in [0.5, 0.6) is 0 Å². The van der Waals surface area contributed by atoms with Crippen molar-refractivity contribution in [2.75, 3.05) is 0 Å². The van der Waals surface area contributed by atoms with Crippen molar-refractivity contribution in [3.63, 3.8) is 0 Å². The zero-order chi connectivity index (χ0) is 41.1. The highest BCUT2D eigenvalue weighted by Gasteiger charge is 2.33. The van der Waals surface area contributed by atoms with Crippen LogP contribution in [0.15, 0.2) is 194 Å². The SMILES string of the molecule is N=Cc1c(-n2c3ccccc3c3ccccc32)c(-n2c3ccccc3c3ccccc32)c(CN)c(-n2c3ccccc3c3ccccc32)c1-n1c2ccccc2c2ccccc21. The van der Waals surface area contributed by atoms with Crippen LogP contribution in [0, 0.1) is 5.41 Å². The van der Waals surface area contributed by atoms with Gasteiger partial charge in [-0.1, -0.05) is 146 Å². The summed E-state index contributed by atoms with van der Waals surface area (Å²) in [6.45, 7) is 0.207. The lowest BCUT2D eigenvalue weighted by Crippen LogP contribution is -2.20. The van der Waals surface area contributed by atoms with Crippen LogP contribution >= 0.6 is 0 Å². The molecule has 292 valence electrons. The fourth-order valence-corrected chi connectivity index (χ4v) is 10.7. The average Bonchev–Trinajstić information content (AvgIpc) is 4.06. The maximum absolute atomic E-state index is 9.88. The molecular formula is C56H38N6. The highest BCUT2D eigenvalue weighted by atomic mass is 15.1. The lowest BCUT2D eigenvalue weighted by Gasteiger charge is -2.29. The van der Waals surface area contributed by atoms with Gasteiger partial charge in [-0.25, -0.2) is 0 Å². The highest BCUT2D eigenvalue weighted by molar-refractivity contribution is 6.16. The molecule has 13 rings (SSSR count). The Labute approximate surface area is 356 Å². The van der Waals surface area contributed by atoms with Crippen molar-refractivity contribution in [2.45, 2.75) is 6.54 Å². The van der Waals surface area contributed by atoms with Crippen molar-refractivity contribution in [3.05, 3.63) is 205 Å². The van der Waals surface area contributed by atoms with E-state index in [1.165, 1.54) is 0 Å². The topological polar surface area (TPSA) is 69.6 Å². The summed E-state index contributed by atoms with van der Waals surface area (Å²) in [4.78, 5) is 0. The van der Waals surface area contributed by atoms with Crippen molar-refractivity contribution < 1.29 is 0 Å². The van der Waals surface area contributed by atoms with Gasteiger partial charge in [0.25, 0.3) is 0 Å². The fraction of sp³-hybridized carbons (Fsp3) is 0.0179. The van der Waals surface area contributed by atoms with E-state index in [1.54, 1.807) is 6.21 Å². The Hall–Kier alpha value is -8.19. The van der Waals surface area contributed by atoms with Gasteiger partial charge < -0.3 is 29.4 Å². The maximum atomic E-state index is 9.88. The molecule has 0 amide bonds. The molecule has 0 aliphatic rings. The predicted molar refractivity (Wildman–Crippen MR) is 260 cm³/mol. The van der Waals surface area contributed by atoms with Crippen molar-refractivity contribution in [3.8, 4) is 22.7 Å². The van der Waals surface area contributed by atoms with Crippen LogP contribution < -0.4 is 5.73 Å². The van der Waals surface area contributed by atoms with E-state index < -0.39 is 0 Å². The Morgan fingerprint density at radius 2 is 0.500 bits per heavy atom. The molecule has 0 saturated heterocycles. The van der Waals surface area contributed by atoms with Gasteiger partial charge in [0.05, 0.1) is 66.9 Å². The van der Waals surface area contributed by atoms with E-state index in [0.29, 0.717) is 0 Å². The minimum absolute atomic E-state index is 0.207. The van der Waals surface area contributed by atoms with E-state index in [4.69, 9.17) is 5.73 Å². The molecule has 62 heavy (non-hydrogen) atoms. The minimum Gasteiger partial charge on any atom is -0.326 e. The Kier molecular flexibility index (Phi) is 7.35. The second kappa shape index (κ2) is 13.2. The van der Waals surface area contributed by atoms with Crippen LogP contribution in [-0.4, -0.2) is 24.5 Å². The maximum Gasteiger partial charge on any atom is 0.0817 e. The summed E-state index contributed by atoms with van der Waals surface area (Å²) in [6, 6.07) is 69.3. The van der Waals surface area contributed by atoms with E-state index in [-0.39, 0.29) is 6.54 Å². The summed E-state index contributed by atoms with van der Waals surface area (Å²) in [5.74, 6) is 0. The largest absolute Gasteiger partial charge is 0.326 e. The van der Waals surface area contributed by atoms with Crippen LogP contribution in [0.3, 0.4) is 0 Å². The van der Waals surface area contributed by atoms with Gasteiger partial charge in [0.1, 0.15) is 0 Å². The number of nitrogens with zero attached hydrogens (tertiary/aromatic N) is 4. The van der Waals surface area contributed by atoms with Gasteiger partial charge in [0.2, 0.25) is 0 Å². The molecule has 9 aromatic carbocycles. The van der Waals surface area contributed by atoms with Gasteiger partial charge in [-0.05, 0) is 48.5 Å². The molecular weight excluding hydrogens is 757 g/mol. The molecule has 0 unspecified atom stereocenters. The second-order valence-electron chi connectivity index (χ2n) is 16.1. The zero-order valence-electron chi connectivity index (χ0n) is 33.6. The first-order chi connectivity index (χ1) is 30.8. The first kappa shape index (κ1) is 34.7. The summed E-state index contributed by atoms with van der Waals surface area (Å²) in [6.07, 6.45) is 1.59. The van der Waals surface area contributed by atoms with Gasteiger partial charge in [-0.15, -0.1) is 0 Å². The number of hydrogen-bond donors (Lipinski definition) is 2. The summed E-state index contributed by atoms with van der Waals surface area (Å²) >= 11 is 0. The van der Waals surface area contributed by atoms with Crippen LogP contribution in [0.1, 0.15) is 11.1 Å². The zero-order valence-corrected chi connectivity index (χ0v) is 33.6. The number of para-hydroxylation sites is 8. The molecule has 0 fully saturated rings. The van der Waals surface area contributed by atoms with E-state index in [9.17, 15) is 5.41 Å². The third-order valence-electron chi connectivity index (χ3n) is 13.1. The molecule has 0 aliphatic heterocycles. The number of hydrogen-bond acceptors (Lipinski definition) is 2. The first-order valence-corrected chi connectivity index (χ1v) is 21.1. The van der Waals surface area contributed by atoms with Gasteiger partial charge >= 0.3 is 0 Å². The third kappa shape index (κ3) is 4.53. The van der Waals surface area contributed by atoms with E-state index in [1.807, 2.05) is 0 Å². The average molecular weight is 795 g/mol. The van der Waals surface area contributed by atoms with E-state index in [2.05, 4.69) is 212 Å².